The standard InChI is InChI=1S/C30H36BrN3O5S/c1-5-28(30(36)32-6-2)33(20-23-11-9-8-10-22(23)4)29(35)21-34(25-14-16-26(17-15-25)39-7-3)40(37,38)27-18-12-24(31)13-19-27/h8-19,28H,5-7,20-21H2,1-4H3,(H,32,36)/t28-/m0/s1. The molecule has 0 aliphatic rings. The van der Waals surface area contributed by atoms with Gasteiger partial charge in [0.25, 0.3) is 10.0 Å². The molecule has 1 atom stereocenters. The second-order valence-corrected chi connectivity index (χ2v) is 11.9. The van der Waals surface area contributed by atoms with Gasteiger partial charge >= 0.3 is 0 Å². The van der Waals surface area contributed by atoms with Crippen LogP contribution in [0.25, 0.3) is 0 Å². The lowest BCUT2D eigenvalue weighted by Crippen LogP contribution is -2.52. The Labute approximate surface area is 245 Å². The Morgan fingerprint density at radius 3 is 2.17 bits per heavy atom. The summed E-state index contributed by atoms with van der Waals surface area (Å²) < 4.78 is 35.2. The van der Waals surface area contributed by atoms with Crippen LogP contribution in [0.4, 0.5) is 5.69 Å². The highest BCUT2D eigenvalue weighted by atomic mass is 79.9. The lowest BCUT2D eigenvalue weighted by atomic mass is 10.1. The Hall–Kier alpha value is -3.37. The van der Waals surface area contributed by atoms with Crippen LogP contribution in [-0.4, -0.2) is 50.9 Å². The van der Waals surface area contributed by atoms with Crippen LogP contribution in [0.1, 0.15) is 38.3 Å². The first-order valence-corrected chi connectivity index (χ1v) is 15.5. The van der Waals surface area contributed by atoms with Crippen LogP contribution in [0, 0.1) is 6.92 Å². The zero-order valence-corrected chi connectivity index (χ0v) is 25.7. The second kappa shape index (κ2) is 14.3. The van der Waals surface area contributed by atoms with Crippen molar-refractivity contribution >= 4 is 43.5 Å². The van der Waals surface area contributed by atoms with Gasteiger partial charge < -0.3 is 15.0 Å². The third-order valence-corrected chi connectivity index (χ3v) is 8.77. The van der Waals surface area contributed by atoms with Crippen molar-refractivity contribution in [2.75, 3.05) is 24.0 Å². The molecule has 0 saturated carbocycles. The summed E-state index contributed by atoms with van der Waals surface area (Å²) in [4.78, 5) is 28.6. The number of nitrogens with zero attached hydrogens (tertiary/aromatic N) is 2. The zero-order valence-electron chi connectivity index (χ0n) is 23.3. The number of sulfonamides is 1. The van der Waals surface area contributed by atoms with Gasteiger partial charge in [-0.1, -0.05) is 47.1 Å². The van der Waals surface area contributed by atoms with E-state index in [4.69, 9.17) is 4.74 Å². The first-order chi connectivity index (χ1) is 19.1. The molecule has 0 spiro atoms. The van der Waals surface area contributed by atoms with Crippen molar-refractivity contribution in [2.24, 2.45) is 0 Å². The molecule has 10 heteroatoms. The van der Waals surface area contributed by atoms with Crippen molar-refractivity contribution in [1.29, 1.82) is 0 Å². The van der Waals surface area contributed by atoms with Crippen LogP contribution >= 0.6 is 15.9 Å². The monoisotopic (exact) mass is 629 g/mol. The number of carbonyl (C=O) groups is 2. The van der Waals surface area contributed by atoms with Crippen molar-refractivity contribution in [3.63, 3.8) is 0 Å². The number of amides is 2. The first kappa shape index (κ1) is 31.2. The van der Waals surface area contributed by atoms with Crippen molar-refractivity contribution in [1.82, 2.24) is 10.2 Å². The summed E-state index contributed by atoms with van der Waals surface area (Å²) in [5.74, 6) is -0.187. The molecule has 0 heterocycles. The van der Waals surface area contributed by atoms with E-state index in [2.05, 4.69) is 21.2 Å². The summed E-state index contributed by atoms with van der Waals surface area (Å²) in [6, 6.07) is 19.7. The van der Waals surface area contributed by atoms with Crippen LogP contribution in [0.3, 0.4) is 0 Å². The van der Waals surface area contributed by atoms with E-state index in [0.29, 0.717) is 31.0 Å². The minimum atomic E-state index is -4.14. The maximum Gasteiger partial charge on any atom is 0.264 e. The Balaban J connectivity index is 2.07. The minimum absolute atomic E-state index is 0.0404. The molecule has 3 rings (SSSR count). The number of likely N-dealkylation sites (N-methyl/N-ethyl adjacent to an activating group) is 1. The van der Waals surface area contributed by atoms with Crippen LogP contribution in [0.15, 0.2) is 82.2 Å². The molecular formula is C30H36BrN3O5S. The lowest BCUT2D eigenvalue weighted by molar-refractivity contribution is -0.140. The highest BCUT2D eigenvalue weighted by Gasteiger charge is 2.33. The molecule has 0 radical (unpaired) electrons. The smallest absolute Gasteiger partial charge is 0.264 e. The number of hydrogen-bond donors (Lipinski definition) is 1. The summed E-state index contributed by atoms with van der Waals surface area (Å²) in [6.45, 7) is 8.00. The highest BCUT2D eigenvalue weighted by Crippen LogP contribution is 2.28. The fraction of sp³-hybridized carbons (Fsp3) is 0.333. The van der Waals surface area contributed by atoms with E-state index < -0.39 is 28.5 Å². The van der Waals surface area contributed by atoms with E-state index in [0.717, 1.165) is 19.9 Å². The van der Waals surface area contributed by atoms with Crippen LogP contribution < -0.4 is 14.4 Å². The molecule has 1 N–H and O–H groups in total. The molecule has 2 amide bonds. The van der Waals surface area contributed by atoms with Gasteiger partial charge in [-0.25, -0.2) is 8.42 Å². The number of anilines is 1. The molecule has 0 aliphatic carbocycles. The largest absolute Gasteiger partial charge is 0.494 e. The SMILES string of the molecule is CCNC(=O)[C@H](CC)N(Cc1ccccc1C)C(=O)CN(c1ccc(OCC)cc1)S(=O)(=O)c1ccc(Br)cc1. The molecule has 8 nitrogen and oxygen atoms in total. The fourth-order valence-corrected chi connectivity index (χ4v) is 6.00. The van der Waals surface area contributed by atoms with Gasteiger partial charge in [-0.05, 0) is 86.8 Å². The highest BCUT2D eigenvalue weighted by molar-refractivity contribution is 9.10. The van der Waals surface area contributed by atoms with Crippen molar-refractivity contribution in [3.8, 4) is 5.75 Å². The predicted molar refractivity (Wildman–Crippen MR) is 161 cm³/mol. The van der Waals surface area contributed by atoms with E-state index in [-0.39, 0.29) is 17.3 Å². The van der Waals surface area contributed by atoms with E-state index in [1.54, 1.807) is 36.4 Å². The summed E-state index contributed by atoms with van der Waals surface area (Å²) in [5, 5.41) is 2.81. The molecule has 3 aromatic rings. The van der Waals surface area contributed by atoms with Crippen LogP contribution in [0.5, 0.6) is 5.75 Å². The molecule has 3 aromatic carbocycles. The maximum atomic E-state index is 14.1. The van der Waals surface area contributed by atoms with Crippen molar-refractivity contribution in [3.05, 3.63) is 88.4 Å². The van der Waals surface area contributed by atoms with Gasteiger partial charge in [-0.3, -0.25) is 13.9 Å². The number of nitrogens with one attached hydrogen (secondary N) is 1. The summed E-state index contributed by atoms with van der Waals surface area (Å²) in [6.07, 6.45) is 0.367. The maximum absolute atomic E-state index is 14.1. The minimum Gasteiger partial charge on any atom is -0.494 e. The molecule has 0 fully saturated rings. The van der Waals surface area contributed by atoms with E-state index in [9.17, 15) is 18.0 Å². The second-order valence-electron chi connectivity index (χ2n) is 9.16. The molecule has 40 heavy (non-hydrogen) atoms. The quantitative estimate of drug-likeness (QED) is 0.277. The fourth-order valence-electron chi connectivity index (χ4n) is 4.32. The van der Waals surface area contributed by atoms with Gasteiger partial charge in [0.15, 0.2) is 0 Å². The van der Waals surface area contributed by atoms with Gasteiger partial charge in [-0.2, -0.15) is 0 Å². The van der Waals surface area contributed by atoms with E-state index >= 15 is 0 Å². The molecule has 0 saturated heterocycles. The summed E-state index contributed by atoms with van der Waals surface area (Å²) in [5.41, 5.74) is 2.15. The van der Waals surface area contributed by atoms with E-state index in [1.165, 1.54) is 17.0 Å². The Bertz CT molecular complexity index is 1400. The van der Waals surface area contributed by atoms with Crippen LogP contribution in [0.2, 0.25) is 0 Å². The van der Waals surface area contributed by atoms with Gasteiger partial charge in [0, 0.05) is 17.6 Å². The molecule has 0 bridgehead atoms. The summed E-state index contributed by atoms with van der Waals surface area (Å²) >= 11 is 3.34. The Morgan fingerprint density at radius 1 is 0.950 bits per heavy atom. The number of carbonyl (C=O) groups excluding carboxylic acids is 2. The number of ether oxygens (including phenoxy) is 1. The summed E-state index contributed by atoms with van der Waals surface area (Å²) in [7, 11) is -4.14. The number of rotatable bonds is 13. The number of hydrogen-bond acceptors (Lipinski definition) is 5. The number of aryl methyl sites for hydroxylation is 1. The van der Waals surface area contributed by atoms with Crippen LogP contribution in [-0.2, 0) is 26.2 Å². The molecule has 214 valence electrons. The molecule has 0 aliphatic heterocycles. The van der Waals surface area contributed by atoms with Gasteiger partial charge in [0.2, 0.25) is 11.8 Å². The van der Waals surface area contributed by atoms with Gasteiger partial charge in [0.1, 0.15) is 18.3 Å². The molecule has 0 aromatic heterocycles. The topological polar surface area (TPSA) is 96.0 Å². The zero-order chi connectivity index (χ0) is 29.3. The lowest BCUT2D eigenvalue weighted by Gasteiger charge is -2.33. The average Bonchev–Trinajstić information content (AvgIpc) is 2.93. The Morgan fingerprint density at radius 2 is 1.60 bits per heavy atom. The predicted octanol–water partition coefficient (Wildman–Crippen LogP) is 5.30. The van der Waals surface area contributed by atoms with Crippen molar-refractivity contribution < 1.29 is 22.7 Å². The van der Waals surface area contributed by atoms with Crippen molar-refractivity contribution in [2.45, 2.75) is 51.6 Å². The first-order valence-electron chi connectivity index (χ1n) is 13.2. The normalized spacial score (nSPS) is 11.9. The molecular weight excluding hydrogens is 594 g/mol. The van der Waals surface area contributed by atoms with E-state index in [1.807, 2.05) is 52.0 Å². The number of benzene rings is 3. The third-order valence-electron chi connectivity index (χ3n) is 6.46. The average molecular weight is 631 g/mol. The molecule has 0 unspecified atom stereocenters. The third kappa shape index (κ3) is 7.63. The number of halogens is 1. The van der Waals surface area contributed by atoms with Gasteiger partial charge in [-0.15, -0.1) is 0 Å². The Kier molecular flexibility index (Phi) is 11.2. The van der Waals surface area contributed by atoms with Gasteiger partial charge in [0.05, 0.1) is 17.2 Å².